The van der Waals surface area contributed by atoms with Gasteiger partial charge in [-0.05, 0) is 81.3 Å². The van der Waals surface area contributed by atoms with Gasteiger partial charge >= 0.3 is 6.09 Å². The number of carbonyl (C=O) groups is 1. The first kappa shape index (κ1) is 20.7. The van der Waals surface area contributed by atoms with Crippen LogP contribution in [0.15, 0.2) is 36.4 Å². The molecule has 5 heteroatoms. The van der Waals surface area contributed by atoms with Crippen LogP contribution in [0.1, 0.15) is 57.1 Å². The van der Waals surface area contributed by atoms with E-state index in [0.717, 1.165) is 36.5 Å². The molecule has 0 spiro atoms. The summed E-state index contributed by atoms with van der Waals surface area (Å²) >= 11 is 6.56. The number of anilines is 1. The highest BCUT2D eigenvalue weighted by molar-refractivity contribution is 6.33. The molecule has 2 aromatic rings. The molecule has 0 aromatic heterocycles. The SMILES string of the molecule is CC(C)(C)OC(=O)N1CC[C@H]2[C@@H](C1)c1cc(-c3ccccc3Cl)cc3c1N2CCCC3. The summed E-state index contributed by atoms with van der Waals surface area (Å²) in [7, 11) is 0. The number of halogens is 1. The molecule has 4 nitrogen and oxygen atoms in total. The van der Waals surface area contributed by atoms with E-state index in [-0.39, 0.29) is 6.09 Å². The third-order valence-electron chi connectivity index (χ3n) is 6.81. The van der Waals surface area contributed by atoms with Crippen LogP contribution < -0.4 is 4.90 Å². The summed E-state index contributed by atoms with van der Waals surface area (Å²) in [6.45, 7) is 8.37. The molecule has 164 valence electrons. The molecule has 0 aliphatic carbocycles. The van der Waals surface area contributed by atoms with Gasteiger partial charge in [0, 0.05) is 47.9 Å². The lowest BCUT2D eigenvalue weighted by molar-refractivity contribution is 0.0189. The summed E-state index contributed by atoms with van der Waals surface area (Å²) in [6.07, 6.45) is 4.33. The number of rotatable bonds is 1. The first-order valence-electron chi connectivity index (χ1n) is 11.5. The van der Waals surface area contributed by atoms with Crippen LogP contribution in [0.3, 0.4) is 0 Å². The minimum absolute atomic E-state index is 0.194. The van der Waals surface area contributed by atoms with Crippen LogP contribution in [-0.2, 0) is 11.2 Å². The third-order valence-corrected chi connectivity index (χ3v) is 7.14. The molecule has 5 rings (SSSR count). The van der Waals surface area contributed by atoms with Gasteiger partial charge in [0.05, 0.1) is 0 Å². The van der Waals surface area contributed by atoms with Crippen LogP contribution in [0.2, 0.25) is 5.02 Å². The Morgan fingerprint density at radius 1 is 1.13 bits per heavy atom. The minimum atomic E-state index is -0.473. The maximum absolute atomic E-state index is 12.8. The standard InChI is InChI=1S/C26H31ClN2O2/c1-26(2,3)31-25(30)28-13-11-23-21(16-28)20-15-18(19-9-4-5-10-22(19)27)14-17-8-6-7-12-29(23)24(17)20/h4-5,9-10,14-15,21,23H,6-8,11-13,16H2,1-3H3/t21-,23-/m0/s1. The van der Waals surface area contributed by atoms with E-state index in [1.54, 1.807) is 0 Å². The predicted molar refractivity (Wildman–Crippen MR) is 126 cm³/mol. The molecule has 3 aliphatic rings. The van der Waals surface area contributed by atoms with Crippen LogP contribution in [0.4, 0.5) is 10.5 Å². The average Bonchev–Trinajstić information content (AvgIpc) is 2.87. The number of amides is 1. The van der Waals surface area contributed by atoms with Crippen molar-refractivity contribution in [2.45, 2.75) is 64.0 Å². The number of likely N-dealkylation sites (tertiary alicyclic amines) is 1. The first-order valence-corrected chi connectivity index (χ1v) is 11.9. The van der Waals surface area contributed by atoms with E-state index in [1.165, 1.54) is 35.2 Å². The summed E-state index contributed by atoms with van der Waals surface area (Å²) in [6, 6.07) is 13.2. The zero-order chi connectivity index (χ0) is 21.8. The number of hydrogen-bond donors (Lipinski definition) is 0. The van der Waals surface area contributed by atoms with Gasteiger partial charge < -0.3 is 14.5 Å². The monoisotopic (exact) mass is 438 g/mol. The summed E-state index contributed by atoms with van der Waals surface area (Å²) in [4.78, 5) is 17.4. The topological polar surface area (TPSA) is 32.8 Å². The number of nitrogens with zero attached hydrogens (tertiary/aromatic N) is 2. The Hall–Kier alpha value is -2.20. The van der Waals surface area contributed by atoms with Crippen LogP contribution in [0.25, 0.3) is 11.1 Å². The highest BCUT2D eigenvalue weighted by atomic mass is 35.5. The van der Waals surface area contributed by atoms with Gasteiger partial charge in [0.1, 0.15) is 5.60 Å². The number of benzene rings is 2. The second-order valence-corrected chi connectivity index (χ2v) is 10.5. The predicted octanol–water partition coefficient (Wildman–Crippen LogP) is 6.26. The van der Waals surface area contributed by atoms with Crippen molar-refractivity contribution in [3.63, 3.8) is 0 Å². The number of carbonyl (C=O) groups excluding carboxylic acids is 1. The molecular weight excluding hydrogens is 408 g/mol. The summed E-state index contributed by atoms with van der Waals surface area (Å²) in [5.74, 6) is 0.315. The van der Waals surface area contributed by atoms with Gasteiger partial charge in [-0.25, -0.2) is 4.79 Å². The molecule has 0 bridgehead atoms. The maximum atomic E-state index is 12.8. The highest BCUT2D eigenvalue weighted by Crippen LogP contribution is 2.50. The largest absolute Gasteiger partial charge is 0.444 e. The van der Waals surface area contributed by atoms with Crippen molar-refractivity contribution in [3.8, 4) is 11.1 Å². The third kappa shape index (κ3) is 3.80. The van der Waals surface area contributed by atoms with E-state index in [0.29, 0.717) is 18.5 Å². The molecule has 0 radical (unpaired) electrons. The Morgan fingerprint density at radius 3 is 2.71 bits per heavy atom. The molecule has 1 saturated heterocycles. The van der Waals surface area contributed by atoms with Gasteiger partial charge in [-0.1, -0.05) is 29.8 Å². The Labute approximate surface area is 190 Å². The van der Waals surface area contributed by atoms with Crippen molar-refractivity contribution in [3.05, 3.63) is 52.5 Å². The maximum Gasteiger partial charge on any atom is 0.410 e. The van der Waals surface area contributed by atoms with Gasteiger partial charge in [-0.15, -0.1) is 0 Å². The Balaban J connectivity index is 1.54. The molecule has 0 unspecified atom stereocenters. The molecule has 1 amide bonds. The smallest absolute Gasteiger partial charge is 0.410 e. The van der Waals surface area contributed by atoms with E-state index in [4.69, 9.17) is 16.3 Å². The van der Waals surface area contributed by atoms with E-state index in [9.17, 15) is 4.79 Å². The zero-order valence-corrected chi connectivity index (χ0v) is 19.4. The van der Waals surface area contributed by atoms with E-state index in [2.05, 4.69) is 23.1 Å². The molecule has 1 fully saturated rings. The van der Waals surface area contributed by atoms with Gasteiger partial charge in [-0.2, -0.15) is 0 Å². The van der Waals surface area contributed by atoms with Gasteiger partial charge in [0.25, 0.3) is 0 Å². The Morgan fingerprint density at radius 2 is 1.94 bits per heavy atom. The fourth-order valence-corrected chi connectivity index (χ4v) is 5.79. The van der Waals surface area contributed by atoms with Crippen LogP contribution >= 0.6 is 11.6 Å². The van der Waals surface area contributed by atoms with Crippen LogP contribution in [0, 0.1) is 0 Å². The lowest BCUT2D eigenvalue weighted by atomic mass is 9.86. The van der Waals surface area contributed by atoms with Crippen LogP contribution in [-0.4, -0.2) is 42.3 Å². The lowest BCUT2D eigenvalue weighted by Gasteiger charge is -2.39. The molecule has 2 atom stereocenters. The Bertz CT molecular complexity index is 1010. The number of aryl methyl sites for hydroxylation is 1. The van der Waals surface area contributed by atoms with Gasteiger partial charge in [-0.3, -0.25) is 0 Å². The van der Waals surface area contributed by atoms with E-state index in [1.807, 2.05) is 43.9 Å². The van der Waals surface area contributed by atoms with Gasteiger partial charge in [0.15, 0.2) is 0 Å². The number of ether oxygens (including phenoxy) is 1. The average molecular weight is 439 g/mol. The second kappa shape index (κ2) is 7.74. The minimum Gasteiger partial charge on any atom is -0.444 e. The second-order valence-electron chi connectivity index (χ2n) is 10.1. The number of fused-ring (bicyclic) bond motifs is 3. The molecule has 31 heavy (non-hydrogen) atoms. The quantitative estimate of drug-likeness (QED) is 0.527. The fourth-order valence-electron chi connectivity index (χ4n) is 5.55. The molecule has 0 N–H and O–H groups in total. The molecule has 0 saturated carbocycles. The van der Waals surface area contributed by atoms with E-state index < -0.39 is 5.60 Å². The number of hydrogen-bond acceptors (Lipinski definition) is 3. The van der Waals surface area contributed by atoms with Crippen molar-refractivity contribution in [1.29, 1.82) is 0 Å². The summed E-state index contributed by atoms with van der Waals surface area (Å²) < 4.78 is 5.69. The zero-order valence-electron chi connectivity index (χ0n) is 18.7. The molecule has 2 aromatic carbocycles. The number of piperidine rings is 1. The highest BCUT2D eigenvalue weighted by Gasteiger charge is 2.45. The van der Waals surface area contributed by atoms with Crippen molar-refractivity contribution in [2.75, 3.05) is 24.5 Å². The van der Waals surface area contributed by atoms with Crippen molar-refractivity contribution < 1.29 is 9.53 Å². The van der Waals surface area contributed by atoms with Crippen LogP contribution in [0.5, 0.6) is 0 Å². The molecule has 3 aliphatic heterocycles. The summed E-state index contributed by atoms with van der Waals surface area (Å²) in [5.41, 5.74) is 6.04. The fraction of sp³-hybridized carbons (Fsp3) is 0.500. The first-order chi connectivity index (χ1) is 14.8. The van der Waals surface area contributed by atoms with Crippen molar-refractivity contribution in [1.82, 2.24) is 4.90 Å². The van der Waals surface area contributed by atoms with Gasteiger partial charge in [0.2, 0.25) is 0 Å². The van der Waals surface area contributed by atoms with Crippen molar-refractivity contribution in [2.24, 2.45) is 0 Å². The van der Waals surface area contributed by atoms with E-state index >= 15 is 0 Å². The normalized spacial score (nSPS) is 22.6. The lowest BCUT2D eigenvalue weighted by Crippen LogP contribution is -2.49. The Kier molecular flexibility index (Phi) is 5.16. The molecular formula is C26H31ClN2O2. The molecule has 3 heterocycles. The van der Waals surface area contributed by atoms with Crippen molar-refractivity contribution >= 4 is 23.4 Å². The summed E-state index contributed by atoms with van der Waals surface area (Å²) in [5, 5.41) is 0.786.